The topological polar surface area (TPSA) is 62.2 Å². The third-order valence-corrected chi connectivity index (χ3v) is 9.46. The number of aryl methyl sites for hydroxylation is 2. The summed E-state index contributed by atoms with van der Waals surface area (Å²) in [6.07, 6.45) is 29.7. The highest BCUT2D eigenvalue weighted by Crippen LogP contribution is 2.38. The first kappa shape index (κ1) is 28.1. The molecule has 224 valence electrons. The zero-order valence-electron chi connectivity index (χ0n) is 25.9. The Morgan fingerprint density at radius 2 is 1.74 bits per heavy atom. The van der Waals surface area contributed by atoms with Crippen LogP contribution in [-0.4, -0.2) is 16.5 Å². The maximum Gasteiger partial charge on any atom is 0.152 e. The molecule has 3 aliphatic carbocycles. The highest BCUT2D eigenvalue weighted by molar-refractivity contribution is 6.27. The number of benzene rings is 3. The number of aliphatic imine (C=N–C) groups is 1. The van der Waals surface area contributed by atoms with Crippen molar-refractivity contribution in [2.45, 2.75) is 32.6 Å². The number of allylic oxidation sites excluding steroid dienone is 7. The average molecular weight is 598 g/mol. The number of furan rings is 1. The van der Waals surface area contributed by atoms with E-state index < -0.39 is 0 Å². The number of aromatic nitrogens is 1. The Hall–Kier alpha value is -5.35. The summed E-state index contributed by atoms with van der Waals surface area (Å²) in [6.45, 7) is 2.24. The van der Waals surface area contributed by atoms with Gasteiger partial charge in [0.05, 0.1) is 5.71 Å². The van der Waals surface area contributed by atoms with Gasteiger partial charge in [0.1, 0.15) is 11.3 Å². The predicted molar refractivity (Wildman–Crippen MR) is 192 cm³/mol. The Kier molecular flexibility index (Phi) is 7.26. The van der Waals surface area contributed by atoms with Crippen LogP contribution in [0.5, 0.6) is 0 Å². The van der Waals surface area contributed by atoms with E-state index in [1.54, 1.807) is 0 Å². The summed E-state index contributed by atoms with van der Waals surface area (Å²) in [6, 6.07) is 18.9. The van der Waals surface area contributed by atoms with Crippen LogP contribution in [0.2, 0.25) is 0 Å². The second kappa shape index (κ2) is 11.9. The van der Waals surface area contributed by atoms with Gasteiger partial charge in [-0.05, 0) is 65.5 Å². The Labute approximate surface area is 269 Å². The summed E-state index contributed by atoms with van der Waals surface area (Å²) in [5.74, 6) is 2.11. The van der Waals surface area contributed by atoms with E-state index in [1.807, 2.05) is 24.5 Å². The van der Waals surface area contributed by atoms with Crippen molar-refractivity contribution in [3.05, 3.63) is 154 Å². The number of hydrogen-bond acceptors (Lipinski definition) is 3. The van der Waals surface area contributed by atoms with Crippen LogP contribution in [0.15, 0.2) is 119 Å². The minimum absolute atomic E-state index is 0.219. The van der Waals surface area contributed by atoms with Gasteiger partial charge in [0.25, 0.3) is 0 Å². The number of rotatable bonds is 5. The molecule has 2 aromatic heterocycles. The molecule has 4 nitrogen and oxygen atoms in total. The summed E-state index contributed by atoms with van der Waals surface area (Å²) in [5.41, 5.74) is 9.08. The fraction of sp³-hybridized carbons (Fsp3) is 0.167. The monoisotopic (exact) mass is 597 g/mol. The molecule has 5 aromatic rings. The lowest BCUT2D eigenvalue weighted by molar-refractivity contribution is 0.546. The molecule has 0 bridgehead atoms. The molecule has 0 fully saturated rings. The van der Waals surface area contributed by atoms with Crippen LogP contribution in [-0.2, 0) is 12.8 Å². The molecule has 46 heavy (non-hydrogen) atoms. The number of hydrogen-bond donors (Lipinski definition) is 1. The molecule has 0 amide bonds. The number of nitrogens with one attached hydrogen (secondary N) is 1. The van der Waals surface area contributed by atoms with E-state index in [2.05, 4.69) is 115 Å². The maximum atomic E-state index is 9.20. The van der Waals surface area contributed by atoms with E-state index in [-0.39, 0.29) is 5.84 Å². The number of fused-ring (bicyclic) bond motifs is 6. The third-order valence-electron chi connectivity index (χ3n) is 9.46. The van der Waals surface area contributed by atoms with Crippen molar-refractivity contribution in [2.24, 2.45) is 16.8 Å². The molecule has 0 saturated heterocycles. The molecule has 0 radical (unpaired) electrons. The first-order chi connectivity index (χ1) is 22.6. The van der Waals surface area contributed by atoms with Crippen molar-refractivity contribution >= 4 is 51.5 Å². The van der Waals surface area contributed by atoms with E-state index in [4.69, 9.17) is 9.41 Å². The lowest BCUT2D eigenvalue weighted by Gasteiger charge is -2.16. The minimum atomic E-state index is 0.219. The number of nitrogens with zero attached hydrogens (tertiary/aromatic N) is 2. The Morgan fingerprint density at radius 1 is 0.913 bits per heavy atom. The van der Waals surface area contributed by atoms with Gasteiger partial charge in [0.15, 0.2) is 5.84 Å². The lowest BCUT2D eigenvalue weighted by atomic mass is 9.89. The zero-order chi connectivity index (χ0) is 31.0. The fourth-order valence-corrected chi connectivity index (χ4v) is 6.88. The molecule has 0 aliphatic heterocycles. The molecule has 8 rings (SSSR count). The van der Waals surface area contributed by atoms with Gasteiger partial charge >= 0.3 is 0 Å². The smallest absolute Gasteiger partial charge is 0.152 e. The standard InChI is InChI=1S/C42H35N3O/c1-27-8-2-3-9-29(27)17-14-28-15-18-31(19-16-28)42(43)45-41(33-21-20-30-10-4-5-11-32(30)24-33)36-25-39-40(37-26-44-23-22-34(36)37)35-12-6-7-13-38(35)46-39/h2-3,5-6,8-9,11-12,14-27,29,43H,4,7,10,13H2,1H3/b17-14-,43-42?,45-41?. The highest BCUT2D eigenvalue weighted by atomic mass is 16.3. The Balaban J connectivity index is 1.23. The number of pyridine rings is 1. The van der Waals surface area contributed by atoms with E-state index in [1.165, 1.54) is 11.1 Å². The average Bonchev–Trinajstić information content (AvgIpc) is 3.49. The Morgan fingerprint density at radius 3 is 2.63 bits per heavy atom. The van der Waals surface area contributed by atoms with E-state index >= 15 is 0 Å². The van der Waals surface area contributed by atoms with Crippen LogP contribution in [0.4, 0.5) is 0 Å². The first-order valence-electron chi connectivity index (χ1n) is 16.2. The van der Waals surface area contributed by atoms with Crippen LogP contribution in [0.25, 0.3) is 40.0 Å². The lowest BCUT2D eigenvalue weighted by Crippen LogP contribution is -2.10. The summed E-state index contributed by atoms with van der Waals surface area (Å²) in [4.78, 5) is 9.62. The van der Waals surface area contributed by atoms with Crippen molar-refractivity contribution in [3.8, 4) is 0 Å². The van der Waals surface area contributed by atoms with Crippen LogP contribution in [0, 0.1) is 17.2 Å². The van der Waals surface area contributed by atoms with Crippen LogP contribution in [0.3, 0.4) is 0 Å². The van der Waals surface area contributed by atoms with E-state index in [0.717, 1.165) is 86.7 Å². The minimum Gasteiger partial charge on any atom is -0.460 e. The Bertz CT molecular complexity index is 2190. The van der Waals surface area contributed by atoms with Crippen LogP contribution in [0.1, 0.15) is 64.5 Å². The maximum absolute atomic E-state index is 9.20. The highest BCUT2D eigenvalue weighted by Gasteiger charge is 2.22. The SMILES string of the molecule is CC1C=CC=CC1/C=C\c1ccc(C(=N)N=C(c2ccc3c(c2)C=CCC3)c2cc3oc4c(c3c3cnccc23)C=CCC4)cc1. The van der Waals surface area contributed by atoms with Gasteiger partial charge in [-0.3, -0.25) is 10.4 Å². The summed E-state index contributed by atoms with van der Waals surface area (Å²) in [7, 11) is 0. The quantitative estimate of drug-likeness (QED) is 0.162. The van der Waals surface area contributed by atoms with E-state index in [0.29, 0.717) is 11.8 Å². The molecular weight excluding hydrogens is 562 g/mol. The second-order valence-corrected chi connectivity index (χ2v) is 12.4. The molecule has 1 N–H and O–H groups in total. The third kappa shape index (κ3) is 5.20. The second-order valence-electron chi connectivity index (χ2n) is 12.4. The summed E-state index contributed by atoms with van der Waals surface area (Å²) >= 11 is 0. The van der Waals surface area contributed by atoms with Gasteiger partial charge in [-0.15, -0.1) is 0 Å². The molecule has 2 unspecified atom stereocenters. The first-order valence-corrected chi connectivity index (χ1v) is 16.2. The van der Waals surface area contributed by atoms with Gasteiger partial charge in [0.2, 0.25) is 0 Å². The molecule has 2 heterocycles. The molecular formula is C42H35N3O. The van der Waals surface area contributed by atoms with Gasteiger partial charge in [-0.2, -0.15) is 0 Å². The van der Waals surface area contributed by atoms with E-state index in [9.17, 15) is 5.41 Å². The molecule has 3 aromatic carbocycles. The molecule has 0 saturated carbocycles. The predicted octanol–water partition coefficient (Wildman–Crippen LogP) is 10.2. The number of amidine groups is 1. The zero-order valence-corrected chi connectivity index (χ0v) is 25.9. The van der Waals surface area contributed by atoms with Gasteiger partial charge < -0.3 is 4.42 Å². The largest absolute Gasteiger partial charge is 0.460 e. The molecule has 0 spiro atoms. The van der Waals surface area contributed by atoms with Gasteiger partial charge in [-0.1, -0.05) is 104 Å². The molecule has 2 atom stereocenters. The van der Waals surface area contributed by atoms with Gasteiger partial charge in [0, 0.05) is 57.8 Å². The normalized spacial score (nSPS) is 18.8. The van der Waals surface area contributed by atoms with Crippen molar-refractivity contribution in [1.82, 2.24) is 4.98 Å². The van der Waals surface area contributed by atoms with Crippen molar-refractivity contribution < 1.29 is 4.42 Å². The summed E-state index contributed by atoms with van der Waals surface area (Å²) < 4.78 is 6.48. The molecule has 4 heteroatoms. The summed E-state index contributed by atoms with van der Waals surface area (Å²) in [5, 5.41) is 12.4. The van der Waals surface area contributed by atoms with Crippen molar-refractivity contribution in [1.29, 1.82) is 5.41 Å². The van der Waals surface area contributed by atoms with Crippen molar-refractivity contribution in [2.75, 3.05) is 0 Å². The van der Waals surface area contributed by atoms with Crippen LogP contribution < -0.4 is 0 Å². The van der Waals surface area contributed by atoms with Crippen LogP contribution >= 0.6 is 0 Å². The van der Waals surface area contributed by atoms with Crippen molar-refractivity contribution in [3.63, 3.8) is 0 Å². The van der Waals surface area contributed by atoms with Gasteiger partial charge in [-0.25, -0.2) is 4.99 Å². The molecule has 3 aliphatic rings. The fourth-order valence-electron chi connectivity index (χ4n) is 6.88.